The predicted molar refractivity (Wildman–Crippen MR) is 118 cm³/mol. The summed E-state index contributed by atoms with van der Waals surface area (Å²) in [5.41, 5.74) is 0.402. The first-order valence-electron chi connectivity index (χ1n) is 10.2. The molecule has 1 N–H and O–H groups in total. The fourth-order valence-corrected chi connectivity index (χ4v) is 4.62. The Morgan fingerprint density at radius 1 is 1.16 bits per heavy atom. The lowest BCUT2D eigenvalue weighted by Gasteiger charge is -2.31. The van der Waals surface area contributed by atoms with Gasteiger partial charge in [0.2, 0.25) is 15.9 Å². The van der Waals surface area contributed by atoms with Gasteiger partial charge in [0.05, 0.1) is 25.1 Å². The summed E-state index contributed by atoms with van der Waals surface area (Å²) in [5, 5.41) is 2.81. The third kappa shape index (κ3) is 5.61. The molecule has 0 bridgehead atoms. The van der Waals surface area contributed by atoms with Crippen LogP contribution in [0.3, 0.4) is 0 Å². The maximum absolute atomic E-state index is 13.0. The molecule has 0 aromatic heterocycles. The molecule has 0 aliphatic carbocycles. The normalized spacial score (nSPS) is 16.3. The Morgan fingerprint density at radius 2 is 1.84 bits per heavy atom. The maximum Gasteiger partial charge on any atom is 0.244 e. The monoisotopic (exact) mass is 448 g/mol. The number of amides is 1. The summed E-state index contributed by atoms with van der Waals surface area (Å²) in [4.78, 5) is 13.0. The molecule has 3 rings (SSSR count). The van der Waals surface area contributed by atoms with Gasteiger partial charge in [-0.25, -0.2) is 8.42 Å². The lowest BCUT2D eigenvalue weighted by atomic mass is 10.1. The molecule has 168 valence electrons. The van der Waals surface area contributed by atoms with Gasteiger partial charge >= 0.3 is 0 Å². The number of carbonyl (C=O) groups is 1. The van der Waals surface area contributed by atoms with Crippen molar-refractivity contribution in [3.05, 3.63) is 48.5 Å². The Kier molecular flexibility index (Phi) is 7.27. The minimum atomic E-state index is -3.71. The average Bonchev–Trinajstić information content (AvgIpc) is 2.75. The molecular weight excluding hydrogens is 420 g/mol. The van der Waals surface area contributed by atoms with E-state index in [1.807, 2.05) is 25.1 Å². The van der Waals surface area contributed by atoms with Gasteiger partial charge in [-0.2, -0.15) is 0 Å². The van der Waals surface area contributed by atoms with E-state index in [-0.39, 0.29) is 12.6 Å². The van der Waals surface area contributed by atoms with Crippen molar-refractivity contribution in [3.8, 4) is 17.2 Å². The van der Waals surface area contributed by atoms with Crippen LogP contribution in [0.4, 0.5) is 5.69 Å². The Labute approximate surface area is 183 Å². The molecule has 2 atom stereocenters. The van der Waals surface area contributed by atoms with E-state index in [0.717, 1.165) is 10.6 Å². The number of fused-ring (bicyclic) bond motifs is 1. The molecule has 2 aromatic carbocycles. The zero-order valence-corrected chi connectivity index (χ0v) is 18.7. The average molecular weight is 449 g/mol. The van der Waals surface area contributed by atoms with Gasteiger partial charge in [0.15, 0.2) is 11.5 Å². The zero-order chi connectivity index (χ0) is 22.4. The SMILES string of the molecule is CCOc1ccc(N([C@H](CC)C(=O)NC[C@H]2COc3ccccc3O2)S(C)(=O)=O)cc1. The number of hydrogen-bond donors (Lipinski definition) is 1. The number of nitrogens with one attached hydrogen (secondary N) is 1. The van der Waals surface area contributed by atoms with Crippen LogP contribution in [0.1, 0.15) is 20.3 Å². The first-order valence-corrected chi connectivity index (χ1v) is 12.1. The van der Waals surface area contributed by atoms with E-state index in [9.17, 15) is 13.2 Å². The van der Waals surface area contributed by atoms with Crippen molar-refractivity contribution in [1.82, 2.24) is 5.32 Å². The van der Waals surface area contributed by atoms with Crippen LogP contribution < -0.4 is 23.8 Å². The fourth-order valence-electron chi connectivity index (χ4n) is 3.41. The molecule has 0 fully saturated rings. The van der Waals surface area contributed by atoms with Crippen molar-refractivity contribution < 1.29 is 27.4 Å². The van der Waals surface area contributed by atoms with Crippen LogP contribution in [0, 0.1) is 0 Å². The van der Waals surface area contributed by atoms with Crippen LogP contribution in [0.5, 0.6) is 17.2 Å². The summed E-state index contributed by atoms with van der Waals surface area (Å²) in [6.45, 7) is 4.64. The van der Waals surface area contributed by atoms with Crippen LogP contribution in [0.25, 0.3) is 0 Å². The molecule has 9 heteroatoms. The second-order valence-corrected chi connectivity index (χ2v) is 9.01. The molecule has 1 amide bonds. The van der Waals surface area contributed by atoms with Crippen molar-refractivity contribution in [1.29, 1.82) is 0 Å². The molecule has 0 radical (unpaired) electrons. The number of sulfonamides is 1. The van der Waals surface area contributed by atoms with Gasteiger partial charge in [-0.3, -0.25) is 9.10 Å². The van der Waals surface area contributed by atoms with Crippen molar-refractivity contribution in [2.45, 2.75) is 32.4 Å². The first kappa shape index (κ1) is 22.7. The maximum atomic E-state index is 13.0. The topological polar surface area (TPSA) is 94.2 Å². The third-order valence-corrected chi connectivity index (χ3v) is 5.98. The smallest absolute Gasteiger partial charge is 0.244 e. The lowest BCUT2D eigenvalue weighted by molar-refractivity contribution is -0.122. The molecule has 0 unspecified atom stereocenters. The van der Waals surface area contributed by atoms with Gasteiger partial charge in [0, 0.05) is 0 Å². The zero-order valence-electron chi connectivity index (χ0n) is 17.9. The second-order valence-electron chi connectivity index (χ2n) is 7.15. The van der Waals surface area contributed by atoms with Crippen LogP contribution >= 0.6 is 0 Å². The van der Waals surface area contributed by atoms with Crippen LogP contribution in [0.2, 0.25) is 0 Å². The molecule has 1 heterocycles. The summed E-state index contributed by atoms with van der Waals surface area (Å²) >= 11 is 0. The number of anilines is 1. The first-order chi connectivity index (χ1) is 14.8. The van der Waals surface area contributed by atoms with Crippen molar-refractivity contribution >= 4 is 21.6 Å². The van der Waals surface area contributed by atoms with E-state index in [2.05, 4.69) is 5.32 Å². The van der Waals surface area contributed by atoms with Crippen LogP contribution in [-0.2, 0) is 14.8 Å². The minimum Gasteiger partial charge on any atom is -0.494 e. The molecule has 31 heavy (non-hydrogen) atoms. The number of hydrogen-bond acceptors (Lipinski definition) is 6. The standard InChI is InChI=1S/C22H28N2O6S/c1-4-19(24(31(3,26)27)16-10-12-17(13-11-16)28-5-2)22(25)23-14-18-15-29-20-8-6-7-9-21(20)30-18/h6-13,18-19H,4-5,14-15H2,1-3H3,(H,23,25)/t18-,19+/m0/s1. The van der Waals surface area contributed by atoms with Gasteiger partial charge in [0.25, 0.3) is 0 Å². The Balaban J connectivity index is 1.71. The summed E-state index contributed by atoms with van der Waals surface area (Å²) in [5.74, 6) is 1.51. The largest absolute Gasteiger partial charge is 0.494 e. The molecule has 1 aliphatic heterocycles. The summed E-state index contributed by atoms with van der Waals surface area (Å²) in [6, 6.07) is 13.1. The van der Waals surface area contributed by atoms with E-state index in [0.29, 0.717) is 42.6 Å². The van der Waals surface area contributed by atoms with Gasteiger partial charge in [0.1, 0.15) is 24.5 Å². The number of para-hydroxylation sites is 2. The van der Waals surface area contributed by atoms with Gasteiger partial charge in [-0.1, -0.05) is 19.1 Å². The van der Waals surface area contributed by atoms with E-state index >= 15 is 0 Å². The van der Waals surface area contributed by atoms with Crippen LogP contribution in [0.15, 0.2) is 48.5 Å². The van der Waals surface area contributed by atoms with Crippen molar-refractivity contribution in [2.75, 3.05) is 30.3 Å². The van der Waals surface area contributed by atoms with Gasteiger partial charge in [-0.15, -0.1) is 0 Å². The van der Waals surface area contributed by atoms with Gasteiger partial charge in [-0.05, 0) is 49.7 Å². The number of carbonyl (C=O) groups excluding carboxylic acids is 1. The van der Waals surface area contributed by atoms with E-state index in [1.54, 1.807) is 37.3 Å². The van der Waals surface area contributed by atoms with E-state index in [1.165, 1.54) is 0 Å². The molecule has 2 aromatic rings. The predicted octanol–water partition coefficient (Wildman–Crippen LogP) is 2.59. The highest BCUT2D eigenvalue weighted by atomic mass is 32.2. The molecule has 0 spiro atoms. The van der Waals surface area contributed by atoms with E-state index < -0.39 is 22.0 Å². The number of rotatable bonds is 9. The Morgan fingerprint density at radius 3 is 2.45 bits per heavy atom. The summed E-state index contributed by atoms with van der Waals surface area (Å²) in [7, 11) is -3.71. The van der Waals surface area contributed by atoms with Crippen LogP contribution in [-0.4, -0.2) is 52.5 Å². The van der Waals surface area contributed by atoms with Crippen molar-refractivity contribution in [2.24, 2.45) is 0 Å². The minimum absolute atomic E-state index is 0.199. The van der Waals surface area contributed by atoms with Crippen molar-refractivity contribution in [3.63, 3.8) is 0 Å². The highest BCUT2D eigenvalue weighted by Crippen LogP contribution is 2.31. The lowest BCUT2D eigenvalue weighted by Crippen LogP contribution is -2.51. The fraction of sp³-hybridized carbons (Fsp3) is 0.409. The molecular formula is C22H28N2O6S. The summed E-state index contributed by atoms with van der Waals surface area (Å²) in [6.07, 6.45) is 1.03. The summed E-state index contributed by atoms with van der Waals surface area (Å²) < 4.78 is 43.2. The molecule has 1 aliphatic rings. The molecule has 0 saturated heterocycles. The number of benzene rings is 2. The second kappa shape index (κ2) is 9.91. The van der Waals surface area contributed by atoms with Gasteiger partial charge < -0.3 is 19.5 Å². The molecule has 8 nitrogen and oxygen atoms in total. The third-order valence-electron chi connectivity index (χ3n) is 4.80. The number of ether oxygens (including phenoxy) is 3. The number of nitrogens with zero attached hydrogens (tertiary/aromatic N) is 1. The Hall–Kier alpha value is -2.94. The highest BCUT2D eigenvalue weighted by molar-refractivity contribution is 7.92. The quantitative estimate of drug-likeness (QED) is 0.634. The highest BCUT2D eigenvalue weighted by Gasteiger charge is 2.32. The Bertz CT molecular complexity index is 993. The molecule has 0 saturated carbocycles. The van der Waals surface area contributed by atoms with E-state index in [4.69, 9.17) is 14.2 Å².